The molecule has 0 fully saturated rings. The molecule has 47 heavy (non-hydrogen) atoms. The van der Waals surface area contributed by atoms with E-state index in [-0.39, 0.29) is 0 Å². The highest BCUT2D eigenvalue weighted by Crippen LogP contribution is 2.37. The zero-order valence-electron chi connectivity index (χ0n) is 25.8. The number of fused-ring (bicyclic) bond motifs is 4. The van der Waals surface area contributed by atoms with Gasteiger partial charge in [0, 0.05) is 17.1 Å². The second-order valence-electron chi connectivity index (χ2n) is 12.3. The molecule has 0 radical (unpaired) electrons. The molecule has 9 aromatic rings. The van der Waals surface area contributed by atoms with Crippen LogP contribution in [-0.4, -0.2) is 0 Å². The minimum Gasteiger partial charge on any atom is -0.310 e. The highest BCUT2D eigenvalue weighted by molar-refractivity contribution is 6.02. The third kappa shape index (κ3) is 5.09. The number of nitrogens with zero attached hydrogens (tertiary/aromatic N) is 1. The number of hydrogen-bond acceptors (Lipinski definition) is 1. The quantitative estimate of drug-likeness (QED) is 0.178. The average Bonchev–Trinajstić information content (AvgIpc) is 3.14. The highest BCUT2D eigenvalue weighted by atomic mass is 15.1. The molecule has 0 unspecified atom stereocenters. The van der Waals surface area contributed by atoms with Gasteiger partial charge in [-0.2, -0.15) is 0 Å². The van der Waals surface area contributed by atoms with E-state index in [2.05, 4.69) is 193 Å². The molecule has 0 spiro atoms. The molecule has 0 heterocycles. The summed E-state index contributed by atoms with van der Waals surface area (Å²) in [6.45, 7) is 0. The number of rotatable bonds is 5. The summed E-state index contributed by atoms with van der Waals surface area (Å²) in [5, 5.41) is 10.0. The summed E-state index contributed by atoms with van der Waals surface area (Å²) >= 11 is 0. The summed E-state index contributed by atoms with van der Waals surface area (Å²) < 4.78 is 0. The van der Waals surface area contributed by atoms with Gasteiger partial charge in [-0.15, -0.1) is 0 Å². The van der Waals surface area contributed by atoms with Crippen molar-refractivity contribution in [2.45, 2.75) is 0 Å². The van der Waals surface area contributed by atoms with Crippen LogP contribution in [0.15, 0.2) is 188 Å². The molecular formula is C46H31N. The number of benzene rings is 9. The Hall–Kier alpha value is -6.18. The maximum Gasteiger partial charge on any atom is 0.0468 e. The topological polar surface area (TPSA) is 3.24 Å². The highest BCUT2D eigenvalue weighted by Gasteiger charge is 2.13. The Kier molecular flexibility index (Phi) is 6.54. The van der Waals surface area contributed by atoms with Crippen LogP contribution in [0.1, 0.15) is 0 Å². The van der Waals surface area contributed by atoms with Crippen LogP contribution in [0.5, 0.6) is 0 Å². The molecule has 0 aliphatic carbocycles. The van der Waals surface area contributed by atoms with Crippen molar-refractivity contribution in [3.63, 3.8) is 0 Å². The van der Waals surface area contributed by atoms with Gasteiger partial charge in [0.2, 0.25) is 0 Å². The first-order chi connectivity index (χ1) is 23.2. The zero-order chi connectivity index (χ0) is 31.2. The second-order valence-corrected chi connectivity index (χ2v) is 12.3. The molecule has 220 valence electrons. The maximum absolute atomic E-state index is 2.33. The fourth-order valence-corrected chi connectivity index (χ4v) is 6.88. The van der Waals surface area contributed by atoms with Gasteiger partial charge in [-0.05, 0) is 138 Å². The van der Waals surface area contributed by atoms with Crippen molar-refractivity contribution in [3.05, 3.63) is 188 Å². The van der Waals surface area contributed by atoms with Crippen molar-refractivity contribution in [2.75, 3.05) is 4.90 Å². The lowest BCUT2D eigenvalue weighted by atomic mass is 9.95. The minimum absolute atomic E-state index is 1.14. The third-order valence-corrected chi connectivity index (χ3v) is 9.32. The summed E-state index contributed by atoms with van der Waals surface area (Å²) in [5.74, 6) is 0. The molecule has 0 aromatic heterocycles. The predicted molar refractivity (Wildman–Crippen MR) is 202 cm³/mol. The Bertz CT molecular complexity index is 2530. The Balaban J connectivity index is 1.05. The SMILES string of the molecule is c1ccc(N(c2ccccc2)c2ccc3cc(-c4ccc5cc6cc(-c7ccc8ccccc8c7)ccc6cc5c4)ccc3c2)cc1. The Morgan fingerprint density at radius 2 is 0.574 bits per heavy atom. The fraction of sp³-hybridized carbons (Fsp3) is 0. The molecule has 0 aliphatic rings. The lowest BCUT2D eigenvalue weighted by Crippen LogP contribution is -2.09. The van der Waals surface area contributed by atoms with E-state index in [9.17, 15) is 0 Å². The number of para-hydroxylation sites is 2. The average molecular weight is 598 g/mol. The van der Waals surface area contributed by atoms with Crippen LogP contribution < -0.4 is 4.90 Å². The summed E-state index contributed by atoms with van der Waals surface area (Å²) in [4.78, 5) is 2.31. The van der Waals surface area contributed by atoms with E-state index in [1.54, 1.807) is 0 Å². The van der Waals surface area contributed by atoms with Gasteiger partial charge in [0.05, 0.1) is 0 Å². The minimum atomic E-state index is 1.14. The van der Waals surface area contributed by atoms with E-state index in [0.717, 1.165) is 17.1 Å². The smallest absolute Gasteiger partial charge is 0.0468 e. The van der Waals surface area contributed by atoms with Crippen LogP contribution in [0.25, 0.3) is 65.3 Å². The van der Waals surface area contributed by atoms with Gasteiger partial charge in [-0.3, -0.25) is 0 Å². The number of anilines is 3. The summed E-state index contributed by atoms with van der Waals surface area (Å²) in [6.07, 6.45) is 0. The molecule has 0 amide bonds. The predicted octanol–water partition coefficient (Wildman–Crippen LogP) is 13.1. The van der Waals surface area contributed by atoms with Crippen LogP contribution in [0.3, 0.4) is 0 Å². The number of hydrogen-bond donors (Lipinski definition) is 0. The Labute approximate surface area is 274 Å². The van der Waals surface area contributed by atoms with Crippen molar-refractivity contribution in [1.82, 2.24) is 0 Å². The normalized spacial score (nSPS) is 11.4. The monoisotopic (exact) mass is 597 g/mol. The van der Waals surface area contributed by atoms with Crippen LogP contribution in [0, 0.1) is 0 Å². The van der Waals surface area contributed by atoms with Crippen LogP contribution >= 0.6 is 0 Å². The molecule has 0 aliphatic heterocycles. The molecule has 9 aromatic carbocycles. The van der Waals surface area contributed by atoms with Gasteiger partial charge in [-0.1, -0.05) is 115 Å². The van der Waals surface area contributed by atoms with Gasteiger partial charge in [0.1, 0.15) is 0 Å². The molecule has 1 heteroatoms. The molecule has 0 bridgehead atoms. The van der Waals surface area contributed by atoms with Gasteiger partial charge in [-0.25, -0.2) is 0 Å². The standard InChI is InChI=1S/C46H31N/c1-3-11-44(12-4-1)47(45-13-5-2-6-14-45)46-24-23-38-26-35(19-22-41(38)31-46)37-18-21-40-29-42-27-36(17-20-39(42)30-43(40)28-37)34-16-15-32-9-7-8-10-33(32)25-34/h1-31H. The molecule has 0 N–H and O–H groups in total. The molecule has 0 saturated heterocycles. The lowest BCUT2D eigenvalue weighted by molar-refractivity contribution is 1.29. The van der Waals surface area contributed by atoms with E-state index < -0.39 is 0 Å². The van der Waals surface area contributed by atoms with Crippen molar-refractivity contribution in [3.8, 4) is 22.3 Å². The van der Waals surface area contributed by atoms with Crippen molar-refractivity contribution < 1.29 is 0 Å². The van der Waals surface area contributed by atoms with E-state index in [1.165, 1.54) is 65.3 Å². The first-order valence-electron chi connectivity index (χ1n) is 16.2. The first kappa shape index (κ1) is 27.2. The molecule has 0 saturated carbocycles. The van der Waals surface area contributed by atoms with Gasteiger partial charge < -0.3 is 4.90 Å². The second kappa shape index (κ2) is 11.3. The van der Waals surface area contributed by atoms with E-state index in [0.29, 0.717) is 0 Å². The van der Waals surface area contributed by atoms with Crippen molar-refractivity contribution in [2.24, 2.45) is 0 Å². The van der Waals surface area contributed by atoms with Crippen molar-refractivity contribution >= 4 is 60.2 Å². The summed E-state index contributed by atoms with van der Waals surface area (Å²) in [6, 6.07) is 68.3. The molecular weight excluding hydrogens is 567 g/mol. The largest absolute Gasteiger partial charge is 0.310 e. The summed E-state index contributed by atoms with van der Waals surface area (Å²) in [7, 11) is 0. The summed E-state index contributed by atoms with van der Waals surface area (Å²) in [5.41, 5.74) is 8.37. The van der Waals surface area contributed by atoms with E-state index in [1.807, 2.05) is 0 Å². The van der Waals surface area contributed by atoms with Crippen LogP contribution in [0.4, 0.5) is 17.1 Å². The Morgan fingerprint density at radius 3 is 1.11 bits per heavy atom. The lowest BCUT2D eigenvalue weighted by Gasteiger charge is -2.25. The Morgan fingerprint density at radius 1 is 0.213 bits per heavy atom. The van der Waals surface area contributed by atoms with Crippen LogP contribution in [0.2, 0.25) is 0 Å². The van der Waals surface area contributed by atoms with E-state index >= 15 is 0 Å². The van der Waals surface area contributed by atoms with Gasteiger partial charge >= 0.3 is 0 Å². The van der Waals surface area contributed by atoms with Crippen molar-refractivity contribution in [1.29, 1.82) is 0 Å². The van der Waals surface area contributed by atoms with Gasteiger partial charge in [0.15, 0.2) is 0 Å². The molecule has 1 nitrogen and oxygen atoms in total. The maximum atomic E-state index is 2.33. The molecule has 9 rings (SSSR count). The molecule has 0 atom stereocenters. The first-order valence-corrected chi connectivity index (χ1v) is 16.2. The zero-order valence-corrected chi connectivity index (χ0v) is 25.8. The third-order valence-electron chi connectivity index (χ3n) is 9.32. The fourth-order valence-electron chi connectivity index (χ4n) is 6.88. The van der Waals surface area contributed by atoms with Gasteiger partial charge in [0.25, 0.3) is 0 Å². The van der Waals surface area contributed by atoms with E-state index in [4.69, 9.17) is 0 Å². The van der Waals surface area contributed by atoms with Crippen LogP contribution in [-0.2, 0) is 0 Å².